The van der Waals surface area contributed by atoms with Gasteiger partial charge in [0.2, 0.25) is 5.91 Å². The Morgan fingerprint density at radius 2 is 1.96 bits per heavy atom. The van der Waals surface area contributed by atoms with E-state index >= 15 is 0 Å². The van der Waals surface area contributed by atoms with Crippen molar-refractivity contribution in [1.82, 2.24) is 4.90 Å². The summed E-state index contributed by atoms with van der Waals surface area (Å²) in [4.78, 5) is 14.2. The molecule has 1 saturated heterocycles. The predicted molar refractivity (Wildman–Crippen MR) is 88.8 cm³/mol. The maximum Gasteiger partial charge on any atom is 0.223 e. The van der Waals surface area contributed by atoms with Crippen LogP contribution in [0.3, 0.4) is 0 Å². The number of hydrogen-bond donors (Lipinski definition) is 1. The number of carbonyl (C=O) groups is 1. The van der Waals surface area contributed by atoms with E-state index in [4.69, 9.17) is 0 Å². The largest absolute Gasteiger partial charge is 0.390 e. The fourth-order valence-electron chi connectivity index (χ4n) is 2.70. The van der Waals surface area contributed by atoms with Gasteiger partial charge in [-0.15, -0.1) is 0 Å². The summed E-state index contributed by atoms with van der Waals surface area (Å²) < 4.78 is 24.6. The molecule has 1 aliphatic rings. The molecule has 1 heterocycles. The van der Waals surface area contributed by atoms with E-state index in [1.54, 1.807) is 36.1 Å². The molecule has 1 aliphatic heterocycles. The monoisotopic (exact) mass is 339 g/mol. The number of amides is 1. The second kappa shape index (κ2) is 6.61. The Morgan fingerprint density at radius 3 is 2.52 bits per heavy atom. The van der Waals surface area contributed by atoms with Gasteiger partial charge in [-0.2, -0.15) is 0 Å². The Labute approximate surface area is 138 Å². The van der Waals surface area contributed by atoms with E-state index in [9.17, 15) is 18.3 Å². The molecule has 1 N–H and O–H groups in total. The minimum absolute atomic E-state index is 0.0195. The first-order chi connectivity index (χ1) is 10.6. The Kier molecular flexibility index (Phi) is 5.16. The molecule has 0 saturated carbocycles. The Bertz CT molecular complexity index is 664. The Hall–Kier alpha value is -1.40. The van der Waals surface area contributed by atoms with Crippen molar-refractivity contribution in [2.45, 2.75) is 44.1 Å². The molecule has 5 nitrogen and oxygen atoms in total. The van der Waals surface area contributed by atoms with Gasteiger partial charge in [0.15, 0.2) is 9.84 Å². The second-order valence-corrected chi connectivity index (χ2v) is 8.84. The third-order valence-electron chi connectivity index (χ3n) is 4.76. The number of aryl methyl sites for hydroxylation is 1. The van der Waals surface area contributed by atoms with Crippen molar-refractivity contribution in [2.75, 3.05) is 18.8 Å². The van der Waals surface area contributed by atoms with Crippen LogP contribution >= 0.6 is 0 Å². The van der Waals surface area contributed by atoms with Crippen molar-refractivity contribution < 1.29 is 18.3 Å². The van der Waals surface area contributed by atoms with Gasteiger partial charge in [-0.25, -0.2) is 8.42 Å². The minimum atomic E-state index is -3.44. The van der Waals surface area contributed by atoms with Crippen LogP contribution in [0.4, 0.5) is 0 Å². The normalized spacial score (nSPS) is 25.4. The molecule has 0 radical (unpaired) electrons. The molecule has 0 spiro atoms. The summed E-state index contributed by atoms with van der Waals surface area (Å²) in [6.07, 6.45) is 0.496. The fourth-order valence-corrected chi connectivity index (χ4v) is 3.93. The number of likely N-dealkylation sites (tertiary alicyclic amines) is 1. The van der Waals surface area contributed by atoms with Crippen LogP contribution in [0.25, 0.3) is 0 Å². The molecule has 6 heteroatoms. The minimum Gasteiger partial charge on any atom is -0.390 e. The van der Waals surface area contributed by atoms with Gasteiger partial charge < -0.3 is 10.0 Å². The van der Waals surface area contributed by atoms with Crippen LogP contribution in [-0.2, 0) is 14.6 Å². The van der Waals surface area contributed by atoms with E-state index in [1.165, 1.54) is 0 Å². The molecular formula is C17H25NO4S. The number of piperidine rings is 1. The second-order valence-electron chi connectivity index (χ2n) is 6.73. The molecule has 23 heavy (non-hydrogen) atoms. The standard InChI is InChI=1S/C17H25NO4S/c1-13-4-6-15(7-5-13)23(21,22)11-8-16(19)18-10-9-17(3,20)14(2)12-18/h4-7,14,20H,8-12H2,1-3H3. The average molecular weight is 339 g/mol. The molecule has 1 aromatic carbocycles. The maximum atomic E-state index is 12.3. The van der Waals surface area contributed by atoms with Gasteiger partial charge in [0.1, 0.15) is 0 Å². The Balaban J connectivity index is 1.95. The lowest BCUT2D eigenvalue weighted by molar-refractivity contribution is -0.137. The van der Waals surface area contributed by atoms with Gasteiger partial charge in [-0.1, -0.05) is 24.6 Å². The van der Waals surface area contributed by atoms with Gasteiger partial charge >= 0.3 is 0 Å². The molecule has 1 fully saturated rings. The van der Waals surface area contributed by atoms with E-state index in [-0.39, 0.29) is 28.9 Å². The molecule has 1 amide bonds. The van der Waals surface area contributed by atoms with Gasteiger partial charge in [0, 0.05) is 25.4 Å². The summed E-state index contributed by atoms with van der Waals surface area (Å²) in [5, 5.41) is 10.1. The topological polar surface area (TPSA) is 74.7 Å². The molecule has 2 unspecified atom stereocenters. The quantitative estimate of drug-likeness (QED) is 0.907. The van der Waals surface area contributed by atoms with Crippen LogP contribution in [-0.4, -0.2) is 48.8 Å². The van der Waals surface area contributed by atoms with E-state index in [1.807, 2.05) is 13.8 Å². The highest BCUT2D eigenvalue weighted by atomic mass is 32.2. The van der Waals surface area contributed by atoms with Crippen molar-refractivity contribution in [3.8, 4) is 0 Å². The van der Waals surface area contributed by atoms with Crippen molar-refractivity contribution >= 4 is 15.7 Å². The smallest absolute Gasteiger partial charge is 0.223 e. The fraction of sp³-hybridized carbons (Fsp3) is 0.588. The molecular weight excluding hydrogens is 314 g/mol. The van der Waals surface area contributed by atoms with Crippen molar-refractivity contribution in [3.63, 3.8) is 0 Å². The molecule has 0 bridgehead atoms. The van der Waals surface area contributed by atoms with Crippen molar-refractivity contribution in [1.29, 1.82) is 0 Å². The molecule has 0 aliphatic carbocycles. The van der Waals surface area contributed by atoms with Crippen LogP contribution in [0.15, 0.2) is 29.2 Å². The van der Waals surface area contributed by atoms with Crippen LogP contribution in [0.1, 0.15) is 32.3 Å². The molecule has 2 atom stereocenters. The number of rotatable bonds is 4. The van der Waals surface area contributed by atoms with Gasteiger partial charge in [0.25, 0.3) is 0 Å². The number of hydrogen-bond acceptors (Lipinski definition) is 4. The Morgan fingerprint density at radius 1 is 1.35 bits per heavy atom. The zero-order valence-corrected chi connectivity index (χ0v) is 14.8. The highest BCUT2D eigenvalue weighted by Gasteiger charge is 2.36. The number of carbonyl (C=O) groups excluding carboxylic acids is 1. The third-order valence-corrected chi connectivity index (χ3v) is 6.49. The SMILES string of the molecule is Cc1ccc(S(=O)(=O)CCC(=O)N2CCC(C)(O)C(C)C2)cc1. The lowest BCUT2D eigenvalue weighted by atomic mass is 9.84. The van der Waals surface area contributed by atoms with Crippen LogP contribution in [0.2, 0.25) is 0 Å². The summed E-state index contributed by atoms with van der Waals surface area (Å²) in [6.45, 7) is 6.52. The average Bonchev–Trinajstić information content (AvgIpc) is 2.48. The summed E-state index contributed by atoms with van der Waals surface area (Å²) in [6, 6.07) is 6.66. The van der Waals surface area contributed by atoms with E-state index in [0.717, 1.165) is 5.56 Å². The third kappa shape index (κ3) is 4.32. The van der Waals surface area contributed by atoms with Crippen LogP contribution in [0, 0.1) is 12.8 Å². The molecule has 1 aromatic rings. The number of benzene rings is 1. The summed E-state index contributed by atoms with van der Waals surface area (Å²) >= 11 is 0. The zero-order chi connectivity index (χ0) is 17.3. The van der Waals surface area contributed by atoms with E-state index in [2.05, 4.69) is 0 Å². The first kappa shape index (κ1) is 17.9. The van der Waals surface area contributed by atoms with Crippen LogP contribution in [0.5, 0.6) is 0 Å². The first-order valence-electron chi connectivity index (χ1n) is 7.91. The highest BCUT2D eigenvalue weighted by Crippen LogP contribution is 2.27. The highest BCUT2D eigenvalue weighted by molar-refractivity contribution is 7.91. The number of nitrogens with zero attached hydrogens (tertiary/aromatic N) is 1. The zero-order valence-electron chi connectivity index (χ0n) is 13.9. The molecule has 128 valence electrons. The summed E-state index contributed by atoms with van der Waals surface area (Å²) in [5.74, 6) is -0.368. The van der Waals surface area contributed by atoms with Gasteiger partial charge in [-0.05, 0) is 32.4 Å². The predicted octanol–water partition coefficient (Wildman–Crippen LogP) is 1.78. The van der Waals surface area contributed by atoms with Gasteiger partial charge in [0.05, 0.1) is 16.2 Å². The van der Waals surface area contributed by atoms with E-state index in [0.29, 0.717) is 19.5 Å². The number of aliphatic hydroxyl groups is 1. The van der Waals surface area contributed by atoms with Gasteiger partial charge in [-0.3, -0.25) is 4.79 Å². The number of sulfone groups is 1. The van der Waals surface area contributed by atoms with Crippen molar-refractivity contribution in [3.05, 3.63) is 29.8 Å². The van der Waals surface area contributed by atoms with Crippen molar-refractivity contribution in [2.24, 2.45) is 5.92 Å². The first-order valence-corrected chi connectivity index (χ1v) is 9.56. The molecule has 0 aromatic heterocycles. The van der Waals surface area contributed by atoms with E-state index < -0.39 is 15.4 Å². The van der Waals surface area contributed by atoms with Crippen LogP contribution < -0.4 is 0 Å². The lowest BCUT2D eigenvalue weighted by Gasteiger charge is -2.41. The lowest BCUT2D eigenvalue weighted by Crippen LogP contribution is -2.51. The summed E-state index contributed by atoms with van der Waals surface area (Å²) in [7, 11) is -3.44. The molecule has 2 rings (SSSR count). The summed E-state index contributed by atoms with van der Waals surface area (Å²) in [5.41, 5.74) is 0.236. The maximum absolute atomic E-state index is 12.3.